The van der Waals surface area contributed by atoms with Crippen LogP contribution in [0, 0.1) is 17.0 Å². The molecule has 0 spiro atoms. The van der Waals surface area contributed by atoms with Crippen molar-refractivity contribution in [3.8, 4) is 0 Å². The Balaban J connectivity index is 0.00000225. The van der Waals surface area contributed by atoms with Crippen molar-refractivity contribution in [3.05, 3.63) is 33.9 Å². The first-order valence-electron chi connectivity index (χ1n) is 8.09. The summed E-state index contributed by atoms with van der Waals surface area (Å²) in [5.74, 6) is 0. The van der Waals surface area contributed by atoms with Gasteiger partial charge in [-0.1, -0.05) is 0 Å². The molecule has 140 valence electrons. The van der Waals surface area contributed by atoms with E-state index in [4.69, 9.17) is 0 Å². The quantitative estimate of drug-likeness (QED) is 0.608. The molecule has 1 unspecified atom stereocenters. The SMILES string of the molecule is Cc1cc([N+](=O)[O-])ccc1S(=O)(=O)N1CCN(C2CCNC2)CC1.Cl. The van der Waals surface area contributed by atoms with E-state index in [0.717, 1.165) is 32.6 Å². The third kappa shape index (κ3) is 4.12. The van der Waals surface area contributed by atoms with Gasteiger partial charge in [0, 0.05) is 50.9 Å². The molecule has 10 heteroatoms. The van der Waals surface area contributed by atoms with Crippen molar-refractivity contribution in [2.75, 3.05) is 39.3 Å². The summed E-state index contributed by atoms with van der Waals surface area (Å²) in [4.78, 5) is 12.8. The number of nitro benzene ring substituents is 1. The Kier molecular flexibility index (Phi) is 6.39. The standard InChI is InChI=1S/C15H22N4O4S.ClH/c1-12-10-13(19(20)21)2-3-15(12)24(22,23)18-8-6-17(7-9-18)14-4-5-16-11-14;/h2-3,10,14,16H,4-9,11H2,1H3;1H. The molecular formula is C15H23ClN4O4S. The molecule has 2 saturated heterocycles. The average Bonchev–Trinajstić information content (AvgIpc) is 3.09. The van der Waals surface area contributed by atoms with Crippen LogP contribution in [0.4, 0.5) is 5.69 Å². The van der Waals surface area contributed by atoms with Crippen LogP contribution >= 0.6 is 12.4 Å². The molecule has 0 aromatic heterocycles. The predicted molar refractivity (Wildman–Crippen MR) is 96.7 cm³/mol. The Morgan fingerprint density at radius 2 is 1.92 bits per heavy atom. The van der Waals surface area contributed by atoms with Gasteiger partial charge in [-0.05, 0) is 31.5 Å². The van der Waals surface area contributed by atoms with Crippen molar-refractivity contribution in [1.82, 2.24) is 14.5 Å². The van der Waals surface area contributed by atoms with Gasteiger partial charge in [0.1, 0.15) is 0 Å². The smallest absolute Gasteiger partial charge is 0.269 e. The minimum Gasteiger partial charge on any atom is -0.315 e. The van der Waals surface area contributed by atoms with Crippen LogP contribution in [0.25, 0.3) is 0 Å². The van der Waals surface area contributed by atoms with Crippen LogP contribution in [0.15, 0.2) is 23.1 Å². The maximum Gasteiger partial charge on any atom is 0.269 e. The fourth-order valence-electron chi connectivity index (χ4n) is 3.44. The zero-order valence-corrected chi connectivity index (χ0v) is 15.7. The normalized spacial score (nSPS) is 22.5. The third-order valence-electron chi connectivity index (χ3n) is 4.81. The van der Waals surface area contributed by atoms with Crippen molar-refractivity contribution in [2.45, 2.75) is 24.3 Å². The Morgan fingerprint density at radius 1 is 1.24 bits per heavy atom. The first-order valence-corrected chi connectivity index (χ1v) is 9.53. The Labute approximate surface area is 153 Å². The second kappa shape index (κ2) is 7.96. The van der Waals surface area contributed by atoms with Gasteiger partial charge in [-0.2, -0.15) is 4.31 Å². The molecule has 3 rings (SSSR count). The lowest BCUT2D eigenvalue weighted by atomic mass is 10.2. The van der Waals surface area contributed by atoms with Crippen molar-refractivity contribution in [3.63, 3.8) is 0 Å². The number of piperazine rings is 1. The molecule has 1 N–H and O–H groups in total. The van der Waals surface area contributed by atoms with Gasteiger partial charge in [-0.25, -0.2) is 8.42 Å². The maximum absolute atomic E-state index is 12.8. The van der Waals surface area contributed by atoms with Gasteiger partial charge < -0.3 is 5.32 Å². The lowest BCUT2D eigenvalue weighted by Gasteiger charge is -2.37. The van der Waals surface area contributed by atoms with Crippen LogP contribution < -0.4 is 5.32 Å². The molecule has 2 fully saturated rings. The number of nitrogens with zero attached hydrogens (tertiary/aromatic N) is 3. The fourth-order valence-corrected chi connectivity index (χ4v) is 5.06. The van der Waals surface area contributed by atoms with Crippen LogP contribution in [0.5, 0.6) is 0 Å². The highest BCUT2D eigenvalue weighted by atomic mass is 35.5. The molecule has 25 heavy (non-hydrogen) atoms. The van der Waals surface area contributed by atoms with Crippen LogP contribution in [-0.2, 0) is 10.0 Å². The molecule has 1 aromatic rings. The van der Waals surface area contributed by atoms with Crippen molar-refractivity contribution in [1.29, 1.82) is 0 Å². The van der Waals surface area contributed by atoms with Gasteiger partial charge in [-0.15, -0.1) is 12.4 Å². The highest BCUT2D eigenvalue weighted by molar-refractivity contribution is 7.89. The summed E-state index contributed by atoms with van der Waals surface area (Å²) in [5, 5.41) is 14.1. The van der Waals surface area contributed by atoms with Gasteiger partial charge in [0.2, 0.25) is 10.0 Å². The van der Waals surface area contributed by atoms with Gasteiger partial charge in [0.25, 0.3) is 5.69 Å². The van der Waals surface area contributed by atoms with Gasteiger partial charge in [0.15, 0.2) is 0 Å². The number of halogens is 1. The highest BCUT2D eigenvalue weighted by Crippen LogP contribution is 2.25. The molecular weight excluding hydrogens is 368 g/mol. The van der Waals surface area contributed by atoms with Crippen molar-refractivity contribution < 1.29 is 13.3 Å². The number of sulfonamides is 1. The summed E-state index contributed by atoms with van der Waals surface area (Å²) in [5.41, 5.74) is 0.316. The van der Waals surface area contributed by atoms with Crippen LogP contribution in [0.2, 0.25) is 0 Å². The summed E-state index contributed by atoms with van der Waals surface area (Å²) in [6, 6.07) is 4.40. The van der Waals surface area contributed by atoms with E-state index in [1.807, 2.05) is 0 Å². The Morgan fingerprint density at radius 3 is 2.44 bits per heavy atom. The zero-order chi connectivity index (χ0) is 17.3. The predicted octanol–water partition coefficient (Wildman–Crippen LogP) is 0.993. The number of rotatable bonds is 4. The Hall–Kier alpha value is -1.26. The molecule has 0 bridgehead atoms. The molecule has 2 aliphatic heterocycles. The van der Waals surface area contributed by atoms with Crippen molar-refractivity contribution >= 4 is 28.1 Å². The second-order valence-corrected chi connectivity index (χ2v) is 8.20. The first kappa shape index (κ1) is 20.1. The molecule has 0 aliphatic carbocycles. The number of non-ortho nitro benzene ring substituents is 1. The average molecular weight is 391 g/mol. The topological polar surface area (TPSA) is 95.8 Å². The molecule has 0 radical (unpaired) electrons. The molecule has 8 nitrogen and oxygen atoms in total. The van der Waals surface area contributed by atoms with E-state index < -0.39 is 14.9 Å². The monoisotopic (exact) mass is 390 g/mol. The largest absolute Gasteiger partial charge is 0.315 e. The highest BCUT2D eigenvalue weighted by Gasteiger charge is 2.32. The van der Waals surface area contributed by atoms with E-state index in [9.17, 15) is 18.5 Å². The van der Waals surface area contributed by atoms with Crippen molar-refractivity contribution in [2.24, 2.45) is 0 Å². The zero-order valence-electron chi connectivity index (χ0n) is 14.1. The van der Waals surface area contributed by atoms with Crippen LogP contribution in [0.3, 0.4) is 0 Å². The minimum atomic E-state index is -3.61. The first-order chi connectivity index (χ1) is 11.4. The molecule has 1 aromatic carbocycles. The molecule has 2 heterocycles. The van der Waals surface area contributed by atoms with E-state index in [0.29, 0.717) is 24.7 Å². The fraction of sp³-hybridized carbons (Fsp3) is 0.600. The number of benzene rings is 1. The van der Waals surface area contributed by atoms with Gasteiger partial charge >= 0.3 is 0 Å². The van der Waals surface area contributed by atoms with E-state index in [2.05, 4.69) is 10.2 Å². The second-order valence-electron chi connectivity index (χ2n) is 6.29. The Bertz CT molecular complexity index is 729. The lowest BCUT2D eigenvalue weighted by Crippen LogP contribution is -2.52. The van der Waals surface area contributed by atoms with Gasteiger partial charge in [-0.3, -0.25) is 15.0 Å². The number of hydrogen-bond donors (Lipinski definition) is 1. The summed E-state index contributed by atoms with van der Waals surface area (Å²) >= 11 is 0. The summed E-state index contributed by atoms with van der Waals surface area (Å²) in [6.45, 7) is 5.93. The third-order valence-corrected chi connectivity index (χ3v) is 6.87. The molecule has 2 aliphatic rings. The minimum absolute atomic E-state index is 0. The van der Waals surface area contributed by atoms with E-state index in [-0.39, 0.29) is 23.0 Å². The van der Waals surface area contributed by atoms with Gasteiger partial charge in [0.05, 0.1) is 9.82 Å². The summed E-state index contributed by atoms with van der Waals surface area (Å²) < 4.78 is 27.2. The number of nitro groups is 1. The van der Waals surface area contributed by atoms with Crippen LogP contribution in [-0.4, -0.2) is 67.9 Å². The van der Waals surface area contributed by atoms with E-state index in [1.54, 1.807) is 6.92 Å². The molecule has 0 amide bonds. The van der Waals surface area contributed by atoms with E-state index >= 15 is 0 Å². The molecule has 0 saturated carbocycles. The lowest BCUT2D eigenvalue weighted by molar-refractivity contribution is -0.385. The maximum atomic E-state index is 12.8. The van der Waals surface area contributed by atoms with E-state index in [1.165, 1.54) is 22.5 Å². The number of nitrogens with one attached hydrogen (secondary N) is 1. The number of hydrogen-bond acceptors (Lipinski definition) is 6. The number of aryl methyl sites for hydroxylation is 1. The molecule has 1 atom stereocenters. The summed E-state index contributed by atoms with van der Waals surface area (Å²) in [6.07, 6.45) is 1.11. The summed E-state index contributed by atoms with van der Waals surface area (Å²) in [7, 11) is -3.61. The van der Waals surface area contributed by atoms with Crippen LogP contribution in [0.1, 0.15) is 12.0 Å².